The van der Waals surface area contributed by atoms with Gasteiger partial charge in [-0.05, 0) is 19.3 Å². The molecule has 2 rings (SSSR count). The zero-order chi connectivity index (χ0) is 13.8. The maximum atomic E-state index is 12.1. The molecular formula is C13H20N4O2. The standard InChI is InChI=1S/C13H20N4O2/c1-10-15-4-6-16(10)9-13(19)17-5-3-11(8-17)7-12(18)14-2/h4,6,11H,3,5,7-9H2,1-2H3,(H,14,18)/t11-/m1/s1. The number of likely N-dealkylation sites (tertiary alicyclic amines) is 1. The zero-order valence-corrected chi connectivity index (χ0v) is 11.4. The second kappa shape index (κ2) is 5.86. The van der Waals surface area contributed by atoms with E-state index in [1.807, 2.05) is 22.6 Å². The molecule has 6 nitrogen and oxygen atoms in total. The van der Waals surface area contributed by atoms with Gasteiger partial charge in [0.15, 0.2) is 0 Å². The fourth-order valence-electron chi connectivity index (χ4n) is 2.41. The monoisotopic (exact) mass is 264 g/mol. The lowest BCUT2D eigenvalue weighted by Crippen LogP contribution is -2.32. The van der Waals surface area contributed by atoms with Crippen molar-refractivity contribution in [1.82, 2.24) is 19.8 Å². The van der Waals surface area contributed by atoms with Crippen LogP contribution in [0.15, 0.2) is 12.4 Å². The second-order valence-electron chi connectivity index (χ2n) is 4.97. The first-order chi connectivity index (χ1) is 9.10. The number of aromatic nitrogens is 2. The summed E-state index contributed by atoms with van der Waals surface area (Å²) in [4.78, 5) is 29.4. The Bertz CT molecular complexity index is 469. The quantitative estimate of drug-likeness (QED) is 0.843. The van der Waals surface area contributed by atoms with Crippen molar-refractivity contribution in [2.24, 2.45) is 5.92 Å². The van der Waals surface area contributed by atoms with Gasteiger partial charge < -0.3 is 14.8 Å². The number of carbonyl (C=O) groups is 2. The number of hydrogen-bond donors (Lipinski definition) is 1. The fourth-order valence-corrected chi connectivity index (χ4v) is 2.41. The lowest BCUT2D eigenvalue weighted by molar-refractivity contribution is -0.131. The molecule has 0 bridgehead atoms. The van der Waals surface area contributed by atoms with Crippen molar-refractivity contribution in [3.63, 3.8) is 0 Å². The van der Waals surface area contributed by atoms with E-state index < -0.39 is 0 Å². The molecule has 0 aliphatic carbocycles. The number of hydrogen-bond acceptors (Lipinski definition) is 3. The van der Waals surface area contributed by atoms with Crippen molar-refractivity contribution >= 4 is 11.8 Å². The van der Waals surface area contributed by atoms with E-state index in [1.165, 1.54) is 0 Å². The molecule has 104 valence electrons. The first-order valence-electron chi connectivity index (χ1n) is 6.56. The highest BCUT2D eigenvalue weighted by atomic mass is 16.2. The predicted molar refractivity (Wildman–Crippen MR) is 70.3 cm³/mol. The fraction of sp³-hybridized carbons (Fsp3) is 0.615. The molecule has 1 fully saturated rings. The largest absolute Gasteiger partial charge is 0.359 e. The first kappa shape index (κ1) is 13.6. The molecule has 1 N–H and O–H groups in total. The van der Waals surface area contributed by atoms with Crippen LogP contribution in [0, 0.1) is 12.8 Å². The summed E-state index contributed by atoms with van der Waals surface area (Å²) in [5, 5.41) is 2.62. The highest BCUT2D eigenvalue weighted by molar-refractivity contribution is 5.77. The Kier molecular flexibility index (Phi) is 4.19. The topological polar surface area (TPSA) is 67.2 Å². The van der Waals surface area contributed by atoms with E-state index in [2.05, 4.69) is 10.3 Å². The molecule has 2 amide bonds. The van der Waals surface area contributed by atoms with Crippen molar-refractivity contribution in [3.05, 3.63) is 18.2 Å². The van der Waals surface area contributed by atoms with E-state index in [-0.39, 0.29) is 17.7 Å². The van der Waals surface area contributed by atoms with Gasteiger partial charge in [-0.25, -0.2) is 4.98 Å². The summed E-state index contributed by atoms with van der Waals surface area (Å²) >= 11 is 0. The minimum absolute atomic E-state index is 0.0461. The van der Waals surface area contributed by atoms with E-state index in [4.69, 9.17) is 0 Å². The maximum absolute atomic E-state index is 12.1. The van der Waals surface area contributed by atoms with Crippen LogP contribution in [0.3, 0.4) is 0 Å². The van der Waals surface area contributed by atoms with Gasteiger partial charge in [-0.2, -0.15) is 0 Å². The van der Waals surface area contributed by atoms with Gasteiger partial charge in [-0.3, -0.25) is 9.59 Å². The van der Waals surface area contributed by atoms with Crippen LogP contribution in [-0.4, -0.2) is 46.4 Å². The molecule has 1 saturated heterocycles. The van der Waals surface area contributed by atoms with Gasteiger partial charge in [0.1, 0.15) is 12.4 Å². The van der Waals surface area contributed by atoms with Crippen molar-refractivity contribution in [2.45, 2.75) is 26.3 Å². The van der Waals surface area contributed by atoms with Crippen molar-refractivity contribution < 1.29 is 9.59 Å². The maximum Gasteiger partial charge on any atom is 0.242 e. The van der Waals surface area contributed by atoms with Crippen LogP contribution >= 0.6 is 0 Å². The van der Waals surface area contributed by atoms with Gasteiger partial charge in [0.05, 0.1) is 0 Å². The molecule has 1 aromatic rings. The van der Waals surface area contributed by atoms with E-state index in [0.717, 1.165) is 18.8 Å². The molecule has 1 atom stereocenters. The minimum Gasteiger partial charge on any atom is -0.359 e. The Hall–Kier alpha value is -1.85. The Morgan fingerprint density at radius 2 is 2.32 bits per heavy atom. The molecule has 19 heavy (non-hydrogen) atoms. The average molecular weight is 264 g/mol. The Morgan fingerprint density at radius 3 is 2.95 bits per heavy atom. The van der Waals surface area contributed by atoms with Gasteiger partial charge in [0, 0.05) is 39.0 Å². The molecule has 1 aromatic heterocycles. The van der Waals surface area contributed by atoms with E-state index in [1.54, 1.807) is 13.2 Å². The van der Waals surface area contributed by atoms with E-state index >= 15 is 0 Å². The number of nitrogens with one attached hydrogen (secondary N) is 1. The summed E-state index contributed by atoms with van der Waals surface area (Å²) in [6, 6.07) is 0. The van der Waals surface area contributed by atoms with Gasteiger partial charge in [0.2, 0.25) is 11.8 Å². The number of nitrogens with zero attached hydrogens (tertiary/aromatic N) is 3. The molecule has 6 heteroatoms. The smallest absolute Gasteiger partial charge is 0.242 e. The number of imidazole rings is 1. The van der Waals surface area contributed by atoms with Crippen LogP contribution in [0.1, 0.15) is 18.7 Å². The number of aryl methyl sites for hydroxylation is 1. The summed E-state index contributed by atoms with van der Waals surface area (Å²) in [5.74, 6) is 1.27. The van der Waals surface area contributed by atoms with E-state index in [9.17, 15) is 9.59 Å². The van der Waals surface area contributed by atoms with Crippen LogP contribution in [0.5, 0.6) is 0 Å². The van der Waals surface area contributed by atoms with Gasteiger partial charge >= 0.3 is 0 Å². The summed E-state index contributed by atoms with van der Waals surface area (Å²) in [6.07, 6.45) is 4.92. The minimum atomic E-state index is 0.0461. The van der Waals surface area contributed by atoms with Crippen LogP contribution in [-0.2, 0) is 16.1 Å². The van der Waals surface area contributed by atoms with Gasteiger partial charge in [0.25, 0.3) is 0 Å². The third kappa shape index (κ3) is 3.33. The van der Waals surface area contributed by atoms with Crippen molar-refractivity contribution in [1.29, 1.82) is 0 Å². The molecule has 0 spiro atoms. The lowest BCUT2D eigenvalue weighted by atomic mass is 10.1. The van der Waals surface area contributed by atoms with Crippen molar-refractivity contribution in [2.75, 3.05) is 20.1 Å². The number of rotatable bonds is 4. The summed E-state index contributed by atoms with van der Waals surface area (Å²) in [6.45, 7) is 3.64. The Morgan fingerprint density at radius 1 is 1.53 bits per heavy atom. The van der Waals surface area contributed by atoms with Crippen LogP contribution < -0.4 is 5.32 Å². The average Bonchev–Trinajstić information content (AvgIpc) is 2.99. The molecule has 1 aliphatic rings. The molecule has 0 aromatic carbocycles. The molecular weight excluding hydrogens is 244 g/mol. The number of carbonyl (C=O) groups excluding carboxylic acids is 2. The lowest BCUT2D eigenvalue weighted by Gasteiger charge is -2.17. The van der Waals surface area contributed by atoms with E-state index in [0.29, 0.717) is 19.5 Å². The predicted octanol–water partition coefficient (Wildman–Crippen LogP) is 0.176. The second-order valence-corrected chi connectivity index (χ2v) is 4.97. The molecule has 2 heterocycles. The third-order valence-electron chi connectivity index (χ3n) is 3.62. The third-order valence-corrected chi connectivity index (χ3v) is 3.62. The van der Waals surface area contributed by atoms with Crippen LogP contribution in [0.2, 0.25) is 0 Å². The first-order valence-corrected chi connectivity index (χ1v) is 6.56. The number of amides is 2. The zero-order valence-electron chi connectivity index (χ0n) is 11.4. The molecule has 1 aliphatic heterocycles. The molecule has 0 saturated carbocycles. The molecule has 0 unspecified atom stereocenters. The Balaban J connectivity index is 1.85. The van der Waals surface area contributed by atoms with Crippen LogP contribution in [0.25, 0.3) is 0 Å². The summed E-state index contributed by atoms with van der Waals surface area (Å²) in [5.41, 5.74) is 0. The summed E-state index contributed by atoms with van der Waals surface area (Å²) in [7, 11) is 1.64. The van der Waals surface area contributed by atoms with Crippen LogP contribution in [0.4, 0.5) is 0 Å². The normalized spacial score (nSPS) is 18.6. The van der Waals surface area contributed by atoms with Crippen molar-refractivity contribution in [3.8, 4) is 0 Å². The Labute approximate surface area is 112 Å². The SMILES string of the molecule is CNC(=O)C[C@H]1CCN(C(=O)Cn2ccnc2C)C1. The highest BCUT2D eigenvalue weighted by Gasteiger charge is 2.27. The molecule has 0 radical (unpaired) electrons. The van der Waals surface area contributed by atoms with Gasteiger partial charge in [-0.15, -0.1) is 0 Å². The highest BCUT2D eigenvalue weighted by Crippen LogP contribution is 2.19. The van der Waals surface area contributed by atoms with Gasteiger partial charge in [-0.1, -0.05) is 0 Å². The summed E-state index contributed by atoms with van der Waals surface area (Å²) < 4.78 is 1.84.